The molecule has 0 aromatic heterocycles. The summed E-state index contributed by atoms with van der Waals surface area (Å²) in [6, 6.07) is -1.92. The summed E-state index contributed by atoms with van der Waals surface area (Å²) in [5.41, 5.74) is 0. The Hall–Kier alpha value is -2.79. The summed E-state index contributed by atoms with van der Waals surface area (Å²) >= 11 is 3.87. The van der Waals surface area contributed by atoms with Crippen molar-refractivity contribution < 1.29 is 110 Å². The van der Waals surface area contributed by atoms with Crippen LogP contribution < -0.4 is 21.3 Å². The van der Waals surface area contributed by atoms with Crippen molar-refractivity contribution in [1.29, 1.82) is 0 Å². The van der Waals surface area contributed by atoms with Gasteiger partial charge < -0.3 is 67.8 Å². The van der Waals surface area contributed by atoms with Crippen LogP contribution in [0.25, 0.3) is 6.15 Å². The Morgan fingerprint density at radius 3 is 1.43 bits per heavy atom. The molecule has 0 saturated carbocycles. The van der Waals surface area contributed by atoms with Crippen molar-refractivity contribution in [2.75, 3.05) is 100 Å². The number of nitrogens with two attached hydrogens (primary N) is 1. The number of carboxylic acids is 2. The van der Waals surface area contributed by atoms with Crippen LogP contribution in [0.3, 0.4) is 0 Å². The molecule has 0 saturated heterocycles. The molecular formula is C69H121N5O19S7V. The number of carboxylic acid groups (broad SMARTS) is 2. The normalized spacial score (nSPS) is 13.0. The number of ether oxygens (including phenoxy) is 4. The predicted octanol–water partition coefficient (Wildman–Crippen LogP) is 11.9. The molecule has 7 atom stereocenters. The molecule has 0 heterocycles. The molecule has 0 bridgehead atoms. The molecule has 0 aliphatic rings. The number of aliphatic carboxylic acids is 2. The minimum absolute atomic E-state index is 0. The molecule has 32 heteroatoms. The second-order valence-electron chi connectivity index (χ2n) is 24.7. The Morgan fingerprint density at radius 1 is 0.436 bits per heavy atom. The van der Waals surface area contributed by atoms with Gasteiger partial charge in [-0.2, -0.15) is 0 Å². The average molecular weight is 1600 g/mol. The van der Waals surface area contributed by atoms with Crippen LogP contribution in [0.15, 0.2) is 0 Å². The number of Topliss-reactive ketones (excluding diaryl/α,β-unsaturated/α-hetero) is 6. The Bertz CT molecular complexity index is 2330. The molecule has 0 rings (SSSR count). The standard InChI is InChI=1S/C60H104N4O17S5.C9H15O2S2.H2N.V/c1-44(47(4)65)40-83-86-43-49(37-53(68)45(2)41-84-85-42-46(3)60(77)82)58(74)64-51(48(5)66)24-20-21-29-61-56(71)39-81-36-33-78-31-22-23-50(67)38-80-35-34-79-32-30-62-54(69)28-27-52(59(75)76)63-55(70)25-18-16-14-12-10-8-6-7-9-11-13-15-17-19-26-57(72)73;1-7(9(3)11)6-13-12-5-4-8(2)10;;/h44-46,49,51-52H,6-43H2,1-5H3,(H,61,71)(H,62,69)(H,63,70)(H,64,74)(H,72,73)(H,75,76)(H,77,82);4,7H,5-6H2,1-3H3;1H2;/q;2*-1;+2/t44-,45-,46-,49-,51-,52-;7-;;/m00../s1. The summed E-state index contributed by atoms with van der Waals surface area (Å²) in [6.45, 7) is 15.0. The van der Waals surface area contributed by atoms with Crippen molar-refractivity contribution in [2.45, 2.75) is 222 Å². The molecule has 0 spiro atoms. The van der Waals surface area contributed by atoms with Crippen LogP contribution >= 0.6 is 77.4 Å². The Morgan fingerprint density at radius 2 is 0.911 bits per heavy atom. The third-order valence-electron chi connectivity index (χ3n) is 15.3. The summed E-state index contributed by atoms with van der Waals surface area (Å²) in [6.07, 6.45) is 19.1. The molecule has 101 heavy (non-hydrogen) atoms. The molecule has 0 aromatic rings. The average Bonchev–Trinajstić information content (AvgIpc) is 0.918. The van der Waals surface area contributed by atoms with Crippen molar-refractivity contribution in [2.24, 2.45) is 29.6 Å². The van der Waals surface area contributed by atoms with Crippen LogP contribution in [0, 0.1) is 36.0 Å². The molecule has 583 valence electrons. The fraction of sp³-hybridized carbons (Fsp3) is 0.797. The second kappa shape index (κ2) is 71.5. The molecule has 4 amide bonds. The van der Waals surface area contributed by atoms with Gasteiger partial charge in [-0.3, -0.25) is 52.7 Å². The van der Waals surface area contributed by atoms with Crippen LogP contribution in [0.1, 0.15) is 209 Å². The third kappa shape index (κ3) is 68.8. The molecule has 0 fully saturated rings. The minimum atomic E-state index is -1.19. The first-order valence-corrected chi connectivity index (χ1v) is 42.8. The Kier molecular flexibility index (Phi) is 74.0. The number of amides is 4. The maximum atomic E-state index is 13.6. The third-order valence-corrected chi connectivity index (χ3v) is 23.6. The van der Waals surface area contributed by atoms with Crippen molar-refractivity contribution in [3.63, 3.8) is 0 Å². The number of hydrogen-bond donors (Lipinski definition) is 7. The zero-order chi connectivity index (χ0) is 74.4. The topological polar surface area (TPSA) is 381 Å². The van der Waals surface area contributed by atoms with E-state index in [1.807, 2.05) is 20.8 Å². The zero-order valence-electron chi connectivity index (χ0n) is 61.2. The largest absolute Gasteiger partial charge is 2.00 e. The van der Waals surface area contributed by atoms with Crippen LogP contribution in [0.5, 0.6) is 0 Å². The van der Waals surface area contributed by atoms with E-state index in [1.165, 1.54) is 95.5 Å². The van der Waals surface area contributed by atoms with E-state index < -0.39 is 29.9 Å². The van der Waals surface area contributed by atoms with Gasteiger partial charge in [0.15, 0.2) is 16.7 Å². The van der Waals surface area contributed by atoms with Gasteiger partial charge in [0.05, 0.1) is 45.0 Å². The van der Waals surface area contributed by atoms with Gasteiger partial charge in [-0.25, -0.2) is 4.79 Å². The van der Waals surface area contributed by atoms with E-state index in [-0.39, 0.29) is 203 Å². The SMILES string of the molecule is CC(=O)[C@H](CCCCNC(=O)COCCOCCCC(=O)COCCOCCNC(=O)CC[C@H](NC(=O)CCCCCCCCCCCCCCCCC(=O)O)C(=O)O)NC(=O)[C@H](CSSC[C@H](C)C(C)=O)CC(=O)[C@@H](C)CSSC[C@H](C)C(=O)S.CC(=O)[CH-]CSSC[C@H](C)C(C)=O.[NH2-].[V+2]. The van der Waals surface area contributed by atoms with Crippen molar-refractivity contribution in [1.82, 2.24) is 21.3 Å². The maximum Gasteiger partial charge on any atom is 2.00 e. The molecule has 1 radical (unpaired) electrons. The monoisotopic (exact) mass is 1600 g/mol. The van der Waals surface area contributed by atoms with Gasteiger partial charge in [0.2, 0.25) is 23.6 Å². The van der Waals surface area contributed by atoms with Gasteiger partial charge in [0.25, 0.3) is 0 Å². The van der Waals surface area contributed by atoms with Gasteiger partial charge in [-0.15, -0.1) is 29.2 Å². The van der Waals surface area contributed by atoms with Crippen LogP contribution in [-0.4, -0.2) is 198 Å². The van der Waals surface area contributed by atoms with Gasteiger partial charge in [-0.05, 0) is 78.4 Å². The van der Waals surface area contributed by atoms with E-state index >= 15 is 0 Å². The Balaban J connectivity index is -0.00000281. The molecule has 0 aliphatic carbocycles. The fourth-order valence-corrected chi connectivity index (χ4v) is 16.5. The number of carbonyl (C=O) groups is 13. The number of carbonyl (C=O) groups excluding carboxylic acids is 11. The molecule has 0 aliphatic heterocycles. The summed E-state index contributed by atoms with van der Waals surface area (Å²) in [5.74, 6) is -1.05. The van der Waals surface area contributed by atoms with Gasteiger partial charge >= 0.3 is 30.5 Å². The maximum absolute atomic E-state index is 13.6. The number of rotatable bonds is 69. The first-order chi connectivity index (χ1) is 47.2. The summed E-state index contributed by atoms with van der Waals surface area (Å²) in [4.78, 5) is 155. The first kappa shape index (κ1) is 105. The number of hydrogen-bond acceptors (Lipinski definition) is 23. The predicted molar refractivity (Wildman–Crippen MR) is 410 cm³/mol. The van der Waals surface area contributed by atoms with Gasteiger partial charge in [0, 0.05) is 104 Å². The molecule has 0 aromatic carbocycles. The minimum Gasteiger partial charge on any atom is -0.693 e. The van der Waals surface area contributed by atoms with Crippen LogP contribution in [0.2, 0.25) is 0 Å². The van der Waals surface area contributed by atoms with Crippen molar-refractivity contribution >= 4 is 153 Å². The number of unbranched alkanes of at least 4 members (excludes halogenated alkanes) is 14. The van der Waals surface area contributed by atoms with Crippen LogP contribution in [-0.2, 0) is 99.8 Å². The first-order valence-electron chi connectivity index (χ1n) is 34.9. The van der Waals surface area contributed by atoms with Crippen LogP contribution in [0.4, 0.5) is 0 Å². The molecule has 24 nitrogen and oxygen atoms in total. The molecule has 8 N–H and O–H groups in total. The van der Waals surface area contributed by atoms with Gasteiger partial charge in [0.1, 0.15) is 36.6 Å². The van der Waals surface area contributed by atoms with Crippen molar-refractivity contribution in [3.05, 3.63) is 12.6 Å². The van der Waals surface area contributed by atoms with E-state index in [2.05, 4.69) is 33.9 Å². The van der Waals surface area contributed by atoms with Gasteiger partial charge in [-0.1, -0.05) is 159 Å². The number of nitrogens with one attached hydrogen (secondary N) is 4. The Labute approximate surface area is 643 Å². The molecule has 0 unspecified atom stereocenters. The fourth-order valence-electron chi connectivity index (χ4n) is 8.49. The second-order valence-corrected chi connectivity index (χ2v) is 32.8. The number of thiol groups is 1. The van der Waals surface area contributed by atoms with Crippen molar-refractivity contribution in [3.8, 4) is 0 Å². The summed E-state index contributed by atoms with van der Waals surface area (Å²) in [5, 5.41) is 28.9. The zero-order valence-corrected chi connectivity index (χ0v) is 68.3. The van der Waals surface area contributed by atoms with E-state index in [9.17, 15) is 67.4 Å². The van der Waals surface area contributed by atoms with E-state index in [4.69, 9.17) is 24.1 Å². The summed E-state index contributed by atoms with van der Waals surface area (Å²) < 4.78 is 21.7. The molecular weight excluding hydrogens is 1480 g/mol. The quantitative estimate of drug-likeness (QED) is 0.0129. The summed E-state index contributed by atoms with van der Waals surface area (Å²) in [7, 11) is 9.14. The van der Waals surface area contributed by atoms with E-state index in [0.29, 0.717) is 68.3 Å². The smallest absolute Gasteiger partial charge is 0.693 e. The van der Waals surface area contributed by atoms with E-state index in [0.717, 1.165) is 56.5 Å². The van der Waals surface area contributed by atoms with E-state index in [1.54, 1.807) is 48.8 Å². The number of ketones is 6.